The first-order valence-electron chi connectivity index (χ1n) is 8.57. The van der Waals surface area contributed by atoms with Crippen LogP contribution in [0.4, 0.5) is 26.3 Å². The van der Waals surface area contributed by atoms with Crippen LogP contribution in [0.5, 0.6) is 0 Å². The summed E-state index contributed by atoms with van der Waals surface area (Å²) >= 11 is 0. The second kappa shape index (κ2) is 9.13. The lowest BCUT2D eigenvalue weighted by Crippen LogP contribution is -2.48. The summed E-state index contributed by atoms with van der Waals surface area (Å²) in [4.78, 5) is 0. The quantitative estimate of drug-likeness (QED) is 0.558. The maximum atomic E-state index is 15.0. The fraction of sp³-hybridized carbons (Fsp3) is 0.333. The number of alkyl halides is 3. The van der Waals surface area contributed by atoms with Crippen LogP contribution in [0.15, 0.2) is 36.4 Å². The van der Waals surface area contributed by atoms with Gasteiger partial charge in [-0.25, -0.2) is 26.9 Å². The molecule has 0 bridgehead atoms. The van der Waals surface area contributed by atoms with E-state index in [-0.39, 0.29) is 41.9 Å². The van der Waals surface area contributed by atoms with Crippen LogP contribution in [0, 0.1) is 22.2 Å². The van der Waals surface area contributed by atoms with Crippen molar-refractivity contribution >= 4 is 22.3 Å². The molecule has 0 radical (unpaired) electrons. The maximum absolute atomic E-state index is 15.0. The van der Waals surface area contributed by atoms with Crippen molar-refractivity contribution < 1.29 is 30.6 Å². The molecule has 3 N–H and O–H groups in total. The predicted octanol–water partition coefficient (Wildman–Crippen LogP) is 4.54. The standard InChI is InChI=1S/C18H17F6N3OS.ClH/c19-12-6-11(7-13(20)9-12)14-3-1-2-10(17(14)21)8-16-15(4-5-26-16)27-29(25,28)18(22,23)24;/h1-3,6-7,9,15-16,26H,4-5,8H2,(H2,25,27,28);1H/t15-,16-,29?;/m0./s1. The van der Waals surface area contributed by atoms with Crippen LogP contribution in [0.3, 0.4) is 0 Å². The Labute approximate surface area is 175 Å². The summed E-state index contributed by atoms with van der Waals surface area (Å²) in [6.07, 6.45) is 0.107. The Kier molecular flexibility index (Phi) is 7.44. The van der Waals surface area contributed by atoms with Crippen molar-refractivity contribution in [2.24, 2.45) is 0 Å². The van der Waals surface area contributed by atoms with Crippen LogP contribution in [-0.4, -0.2) is 28.3 Å². The number of halogens is 7. The second-order valence-corrected chi connectivity index (χ2v) is 8.53. The summed E-state index contributed by atoms with van der Waals surface area (Å²) in [7, 11) is -5.04. The maximum Gasteiger partial charge on any atom is 0.492 e. The molecule has 1 heterocycles. The molecule has 3 rings (SSSR count). The lowest BCUT2D eigenvalue weighted by Gasteiger charge is -2.23. The van der Waals surface area contributed by atoms with Gasteiger partial charge >= 0.3 is 5.51 Å². The molecule has 1 unspecified atom stereocenters. The molecule has 2 aromatic rings. The van der Waals surface area contributed by atoms with Crippen molar-refractivity contribution in [3.63, 3.8) is 0 Å². The molecule has 3 atom stereocenters. The van der Waals surface area contributed by atoms with Gasteiger partial charge in [0.2, 0.25) is 9.92 Å². The van der Waals surface area contributed by atoms with Gasteiger partial charge in [-0.15, -0.1) is 12.4 Å². The highest BCUT2D eigenvalue weighted by molar-refractivity contribution is 7.91. The molecule has 1 aliphatic heterocycles. The number of nitrogens with one attached hydrogen (secondary N) is 3. The Morgan fingerprint density at radius 3 is 2.37 bits per heavy atom. The van der Waals surface area contributed by atoms with Gasteiger partial charge in [-0.3, -0.25) is 0 Å². The molecule has 0 aliphatic carbocycles. The first kappa shape index (κ1) is 24.4. The molecule has 166 valence electrons. The van der Waals surface area contributed by atoms with Gasteiger partial charge in [0.25, 0.3) is 0 Å². The normalized spacial score (nSPS) is 21.1. The van der Waals surface area contributed by atoms with Crippen molar-refractivity contribution in [2.75, 3.05) is 6.54 Å². The van der Waals surface area contributed by atoms with Gasteiger partial charge in [-0.05, 0) is 42.6 Å². The van der Waals surface area contributed by atoms with Gasteiger partial charge in [0.1, 0.15) is 17.5 Å². The molecule has 0 saturated carbocycles. The third kappa shape index (κ3) is 5.26. The summed E-state index contributed by atoms with van der Waals surface area (Å²) < 4.78 is 101. The Hall–Kier alpha value is -1.82. The molecular weight excluding hydrogens is 456 g/mol. The molecule has 1 saturated heterocycles. The van der Waals surface area contributed by atoms with E-state index in [9.17, 15) is 30.6 Å². The topological polar surface area (TPSA) is 65.0 Å². The second-order valence-electron chi connectivity index (χ2n) is 6.72. The third-order valence-corrected chi connectivity index (χ3v) is 5.97. The van der Waals surface area contributed by atoms with E-state index in [4.69, 9.17) is 4.78 Å². The zero-order valence-electron chi connectivity index (χ0n) is 15.2. The molecule has 1 aliphatic rings. The molecule has 0 amide bonds. The largest absolute Gasteiger partial charge is 0.492 e. The van der Waals surface area contributed by atoms with E-state index in [2.05, 4.69) is 5.32 Å². The highest BCUT2D eigenvalue weighted by atomic mass is 35.5. The Morgan fingerprint density at radius 2 is 1.77 bits per heavy atom. The van der Waals surface area contributed by atoms with Gasteiger partial charge in [0.15, 0.2) is 0 Å². The molecule has 2 aromatic carbocycles. The molecule has 4 nitrogen and oxygen atoms in total. The first-order valence-corrected chi connectivity index (χ1v) is 10.1. The molecule has 12 heteroatoms. The summed E-state index contributed by atoms with van der Waals surface area (Å²) in [6.45, 7) is 0.298. The van der Waals surface area contributed by atoms with Crippen LogP contribution in [-0.2, 0) is 16.3 Å². The van der Waals surface area contributed by atoms with Gasteiger partial charge in [-0.2, -0.15) is 13.2 Å². The van der Waals surface area contributed by atoms with Crippen molar-refractivity contribution in [1.29, 1.82) is 4.78 Å². The van der Waals surface area contributed by atoms with E-state index in [1.54, 1.807) is 0 Å². The number of hydrogen-bond acceptors (Lipinski definition) is 3. The minimum atomic E-state index is -5.23. The molecule has 1 fully saturated rings. The summed E-state index contributed by atoms with van der Waals surface area (Å²) in [5.74, 6) is -2.50. The summed E-state index contributed by atoms with van der Waals surface area (Å²) in [5, 5.41) is 2.91. The van der Waals surface area contributed by atoms with Crippen LogP contribution >= 0.6 is 12.4 Å². The van der Waals surface area contributed by atoms with Crippen molar-refractivity contribution in [2.45, 2.75) is 30.4 Å². The third-order valence-electron chi connectivity index (χ3n) is 4.68. The number of hydrogen-bond donors (Lipinski definition) is 3. The van der Waals surface area contributed by atoms with E-state index in [0.29, 0.717) is 12.6 Å². The van der Waals surface area contributed by atoms with E-state index in [1.165, 1.54) is 18.2 Å². The van der Waals surface area contributed by atoms with E-state index >= 15 is 0 Å². The van der Waals surface area contributed by atoms with E-state index in [0.717, 1.165) is 12.1 Å². The van der Waals surface area contributed by atoms with Crippen molar-refractivity contribution in [3.8, 4) is 11.1 Å². The van der Waals surface area contributed by atoms with Gasteiger partial charge in [-0.1, -0.05) is 18.2 Å². The van der Waals surface area contributed by atoms with E-state index in [1.807, 2.05) is 4.72 Å². The Bertz CT molecular complexity index is 995. The lowest BCUT2D eigenvalue weighted by atomic mass is 9.96. The lowest BCUT2D eigenvalue weighted by molar-refractivity contribution is -0.0420. The highest BCUT2D eigenvalue weighted by Crippen LogP contribution is 2.29. The number of benzene rings is 2. The minimum absolute atomic E-state index is 0. The van der Waals surface area contributed by atoms with Crippen molar-refractivity contribution in [3.05, 3.63) is 59.4 Å². The zero-order chi connectivity index (χ0) is 21.4. The molecule has 30 heavy (non-hydrogen) atoms. The zero-order valence-corrected chi connectivity index (χ0v) is 16.9. The SMILES string of the molecule is Cl.N=S(=O)(N[C@H]1CCN[C@H]1Cc1cccc(-c2cc(F)cc(F)c2)c1F)C(F)(F)F. The first-order chi connectivity index (χ1) is 13.5. The fourth-order valence-corrected chi connectivity index (χ4v) is 4.15. The molecule has 0 aromatic heterocycles. The molecular formula is C18H18ClF6N3OS. The Morgan fingerprint density at radius 1 is 1.13 bits per heavy atom. The Balaban J connectivity index is 0.00000320. The molecule has 0 spiro atoms. The highest BCUT2D eigenvalue weighted by Gasteiger charge is 2.44. The van der Waals surface area contributed by atoms with Gasteiger partial charge in [0.05, 0.1) is 0 Å². The fourth-order valence-electron chi connectivity index (χ4n) is 3.31. The summed E-state index contributed by atoms with van der Waals surface area (Å²) in [5.41, 5.74) is -5.18. The van der Waals surface area contributed by atoms with Crippen molar-refractivity contribution in [1.82, 2.24) is 10.0 Å². The smallest absolute Gasteiger partial charge is 0.312 e. The van der Waals surface area contributed by atoms with Crippen LogP contribution in [0.2, 0.25) is 0 Å². The summed E-state index contributed by atoms with van der Waals surface area (Å²) in [6, 6.07) is 5.15. The average molecular weight is 474 g/mol. The van der Waals surface area contributed by atoms with Crippen LogP contribution in [0.1, 0.15) is 12.0 Å². The van der Waals surface area contributed by atoms with Crippen LogP contribution in [0.25, 0.3) is 11.1 Å². The van der Waals surface area contributed by atoms with Crippen LogP contribution < -0.4 is 10.0 Å². The van der Waals surface area contributed by atoms with Gasteiger partial charge < -0.3 is 5.32 Å². The minimum Gasteiger partial charge on any atom is -0.312 e. The average Bonchev–Trinajstić information content (AvgIpc) is 3.01. The van der Waals surface area contributed by atoms with E-state index < -0.39 is 45.0 Å². The number of rotatable bonds is 5. The van der Waals surface area contributed by atoms with Gasteiger partial charge in [0, 0.05) is 23.7 Å². The monoisotopic (exact) mass is 473 g/mol. The predicted molar refractivity (Wildman–Crippen MR) is 103 cm³/mol.